The Hall–Kier alpha value is -4.80. The fourth-order valence-corrected chi connectivity index (χ4v) is 10.3. The van der Waals surface area contributed by atoms with Crippen LogP contribution in [0.25, 0.3) is 20.2 Å². The van der Waals surface area contributed by atoms with Crippen LogP contribution in [0.15, 0.2) is 109 Å². The van der Waals surface area contributed by atoms with Crippen molar-refractivity contribution >= 4 is 88.7 Å². The van der Waals surface area contributed by atoms with Crippen LogP contribution in [-0.4, -0.2) is 6.71 Å². The molecular formula is C53H57BN2S. The molecule has 0 fully saturated rings. The Morgan fingerprint density at radius 2 is 1.04 bits per heavy atom. The Bertz CT molecular complexity index is 2710. The maximum absolute atomic E-state index is 2.67. The number of rotatable bonds is 2. The van der Waals surface area contributed by atoms with Crippen LogP contribution in [0.3, 0.4) is 0 Å². The molecule has 3 heterocycles. The van der Waals surface area contributed by atoms with Crippen LogP contribution in [0, 0.1) is 6.92 Å². The van der Waals surface area contributed by atoms with Crippen LogP contribution in [0.1, 0.15) is 111 Å². The number of thiophene rings is 1. The van der Waals surface area contributed by atoms with E-state index < -0.39 is 0 Å². The number of anilines is 6. The minimum atomic E-state index is -0.0252. The molecule has 0 N–H and O–H groups in total. The molecular weight excluding hydrogens is 707 g/mol. The molecule has 0 bridgehead atoms. The first-order valence-electron chi connectivity index (χ1n) is 20.8. The summed E-state index contributed by atoms with van der Waals surface area (Å²) in [4.78, 5) is 5.23. The summed E-state index contributed by atoms with van der Waals surface area (Å²) in [6, 6.07) is 42.9. The molecule has 2 aliphatic heterocycles. The SMILES string of the molecule is Cc1cc2c3c(c1)N(c1cc(C(C)(C)C)cc(C(C)(C)C)c1)c1c(ccc4sc5ccccc5c14)B3c1cc(C(C)(C)C)ccc1N2c1ccc(C(C)(C)C)cc1. The molecule has 0 saturated heterocycles. The van der Waals surface area contributed by atoms with Crippen LogP contribution in [0.4, 0.5) is 34.1 Å². The monoisotopic (exact) mass is 764 g/mol. The molecule has 2 nitrogen and oxygen atoms in total. The first-order chi connectivity index (χ1) is 26.7. The summed E-state index contributed by atoms with van der Waals surface area (Å²) in [6.07, 6.45) is 0. The van der Waals surface area contributed by atoms with Crippen molar-refractivity contribution in [2.75, 3.05) is 9.80 Å². The average Bonchev–Trinajstić information content (AvgIpc) is 3.52. The van der Waals surface area contributed by atoms with Crippen molar-refractivity contribution in [2.45, 2.75) is 112 Å². The number of fused-ring (bicyclic) bond motifs is 8. The molecule has 6 aromatic carbocycles. The van der Waals surface area contributed by atoms with Crippen LogP contribution >= 0.6 is 11.3 Å². The molecule has 0 aliphatic carbocycles. The number of benzene rings is 6. The first kappa shape index (κ1) is 37.8. The van der Waals surface area contributed by atoms with E-state index in [9.17, 15) is 0 Å². The van der Waals surface area contributed by atoms with Gasteiger partial charge in [-0.25, -0.2) is 0 Å². The van der Waals surface area contributed by atoms with Crippen LogP contribution in [0.5, 0.6) is 0 Å². The van der Waals surface area contributed by atoms with Crippen molar-refractivity contribution in [1.82, 2.24) is 0 Å². The Kier molecular flexibility index (Phi) is 8.35. The van der Waals surface area contributed by atoms with Crippen molar-refractivity contribution in [3.05, 3.63) is 137 Å². The zero-order valence-electron chi connectivity index (χ0n) is 36.3. The zero-order chi connectivity index (χ0) is 40.6. The predicted octanol–water partition coefficient (Wildman–Crippen LogP) is 13.6. The molecule has 0 saturated carbocycles. The van der Waals surface area contributed by atoms with Crippen LogP contribution in [-0.2, 0) is 21.7 Å². The van der Waals surface area contributed by atoms with E-state index in [0.29, 0.717) is 0 Å². The van der Waals surface area contributed by atoms with Gasteiger partial charge in [0.2, 0.25) is 0 Å². The lowest BCUT2D eigenvalue weighted by molar-refractivity contribution is 0.569. The van der Waals surface area contributed by atoms with Gasteiger partial charge < -0.3 is 9.80 Å². The van der Waals surface area contributed by atoms with Gasteiger partial charge in [0.1, 0.15) is 0 Å². The van der Waals surface area contributed by atoms with Crippen molar-refractivity contribution < 1.29 is 0 Å². The molecule has 0 atom stereocenters. The molecule has 4 heteroatoms. The molecule has 2 aliphatic rings. The molecule has 0 spiro atoms. The third kappa shape index (κ3) is 6.13. The second kappa shape index (κ2) is 12.6. The maximum Gasteiger partial charge on any atom is 0.252 e. The van der Waals surface area contributed by atoms with Gasteiger partial charge in [-0.2, -0.15) is 0 Å². The maximum atomic E-state index is 2.67. The molecule has 0 amide bonds. The molecule has 0 radical (unpaired) electrons. The summed E-state index contributed by atoms with van der Waals surface area (Å²) >= 11 is 1.91. The molecule has 288 valence electrons. The second-order valence-corrected chi connectivity index (χ2v) is 22.0. The fraction of sp³-hybridized carbons (Fsp3) is 0.321. The van der Waals surface area contributed by atoms with Gasteiger partial charge in [0, 0.05) is 48.6 Å². The van der Waals surface area contributed by atoms with E-state index in [2.05, 4.69) is 209 Å². The minimum Gasteiger partial charge on any atom is -0.311 e. The van der Waals surface area contributed by atoms with Gasteiger partial charge in [-0.1, -0.05) is 138 Å². The second-order valence-electron chi connectivity index (χ2n) is 20.9. The fourth-order valence-electron chi connectivity index (χ4n) is 9.16. The van der Waals surface area contributed by atoms with E-state index in [1.807, 2.05) is 11.3 Å². The third-order valence-corrected chi connectivity index (χ3v) is 13.6. The smallest absolute Gasteiger partial charge is 0.252 e. The summed E-state index contributed by atoms with van der Waals surface area (Å²) in [6.45, 7) is 30.4. The highest BCUT2D eigenvalue weighted by Crippen LogP contribution is 2.50. The number of hydrogen-bond acceptors (Lipinski definition) is 3. The van der Waals surface area contributed by atoms with Gasteiger partial charge in [-0.15, -0.1) is 11.3 Å². The van der Waals surface area contributed by atoms with Gasteiger partial charge in [0.25, 0.3) is 6.71 Å². The largest absolute Gasteiger partial charge is 0.311 e. The van der Waals surface area contributed by atoms with Crippen molar-refractivity contribution in [1.29, 1.82) is 0 Å². The Balaban J connectivity index is 1.44. The third-order valence-electron chi connectivity index (χ3n) is 12.5. The lowest BCUT2D eigenvalue weighted by Crippen LogP contribution is -2.61. The molecule has 7 aromatic rings. The topological polar surface area (TPSA) is 6.48 Å². The summed E-state index contributed by atoms with van der Waals surface area (Å²) in [5.41, 5.74) is 18.4. The summed E-state index contributed by atoms with van der Waals surface area (Å²) < 4.78 is 2.67. The van der Waals surface area contributed by atoms with E-state index in [-0.39, 0.29) is 28.4 Å². The zero-order valence-corrected chi connectivity index (χ0v) is 37.1. The quantitative estimate of drug-likeness (QED) is 0.162. The highest BCUT2D eigenvalue weighted by atomic mass is 32.1. The van der Waals surface area contributed by atoms with E-state index in [1.165, 1.54) is 98.5 Å². The van der Waals surface area contributed by atoms with Gasteiger partial charge in [0.15, 0.2) is 0 Å². The molecule has 0 unspecified atom stereocenters. The van der Waals surface area contributed by atoms with Crippen molar-refractivity contribution in [3.63, 3.8) is 0 Å². The summed E-state index contributed by atoms with van der Waals surface area (Å²) in [7, 11) is 0. The lowest BCUT2D eigenvalue weighted by atomic mass is 9.33. The molecule has 9 rings (SSSR count). The van der Waals surface area contributed by atoms with E-state index in [1.54, 1.807) is 0 Å². The van der Waals surface area contributed by atoms with Gasteiger partial charge in [-0.3, -0.25) is 0 Å². The van der Waals surface area contributed by atoms with E-state index in [0.717, 1.165) is 0 Å². The summed E-state index contributed by atoms with van der Waals surface area (Å²) in [5, 5.41) is 2.69. The van der Waals surface area contributed by atoms with Gasteiger partial charge in [-0.05, 0) is 127 Å². The summed E-state index contributed by atoms with van der Waals surface area (Å²) in [5.74, 6) is 0. The van der Waals surface area contributed by atoms with Crippen LogP contribution in [0.2, 0.25) is 0 Å². The highest BCUT2D eigenvalue weighted by Gasteiger charge is 2.45. The number of nitrogens with zero attached hydrogens (tertiary/aromatic N) is 2. The standard InChI is InChI=1S/C53H57BN2S/c1-32-26-43-48-44(27-32)56(38-29-35(52(8,9)10)28-36(30-38)53(11,12)13)49-40(23-25-46-47(49)39-16-14-15-17-45(39)57-46)54(48)41-31-34(51(5,6)7)20-24-42(41)55(43)37-21-18-33(19-22-37)50(2,3)4/h14-31H,1-13H3. The molecule has 57 heavy (non-hydrogen) atoms. The van der Waals surface area contributed by atoms with Crippen molar-refractivity contribution in [2.24, 2.45) is 0 Å². The van der Waals surface area contributed by atoms with Gasteiger partial charge >= 0.3 is 0 Å². The number of hydrogen-bond donors (Lipinski definition) is 0. The minimum absolute atomic E-state index is 0.00159. The number of aryl methyl sites for hydroxylation is 1. The Morgan fingerprint density at radius 1 is 0.456 bits per heavy atom. The Labute approximate surface area is 345 Å². The Morgan fingerprint density at radius 3 is 1.65 bits per heavy atom. The highest BCUT2D eigenvalue weighted by molar-refractivity contribution is 7.26. The predicted molar refractivity (Wildman–Crippen MR) is 253 cm³/mol. The average molecular weight is 765 g/mol. The van der Waals surface area contributed by atoms with Crippen LogP contribution < -0.4 is 26.2 Å². The first-order valence-corrected chi connectivity index (χ1v) is 21.6. The lowest BCUT2D eigenvalue weighted by Gasteiger charge is -2.45. The molecule has 1 aromatic heterocycles. The van der Waals surface area contributed by atoms with E-state index >= 15 is 0 Å². The van der Waals surface area contributed by atoms with E-state index in [4.69, 9.17) is 0 Å². The van der Waals surface area contributed by atoms with Crippen molar-refractivity contribution in [3.8, 4) is 0 Å². The normalized spacial score (nSPS) is 14.3. The van der Waals surface area contributed by atoms with Gasteiger partial charge in [0.05, 0.1) is 5.69 Å².